The molecular weight excluding hydrogens is 316 g/mol. The lowest BCUT2D eigenvalue weighted by Crippen LogP contribution is -2.36. The van der Waals surface area contributed by atoms with Crippen molar-refractivity contribution in [2.75, 3.05) is 19.6 Å². The van der Waals surface area contributed by atoms with E-state index in [1.807, 2.05) is 18.2 Å². The molecule has 128 valence electrons. The third kappa shape index (κ3) is 4.46. The maximum atomic E-state index is 12.4. The molecule has 2 atom stereocenters. The molecule has 0 radical (unpaired) electrons. The molecule has 0 spiro atoms. The fourth-order valence-corrected chi connectivity index (χ4v) is 4.26. The van der Waals surface area contributed by atoms with Gasteiger partial charge in [-0.2, -0.15) is 0 Å². The van der Waals surface area contributed by atoms with Crippen LogP contribution in [0.2, 0.25) is 0 Å². The zero-order chi connectivity index (χ0) is 16.8. The van der Waals surface area contributed by atoms with Gasteiger partial charge in [-0.3, -0.25) is 9.69 Å². The minimum Gasteiger partial charge on any atom is -0.354 e. The number of nitrogens with one attached hydrogen (secondary N) is 1. The first-order valence-corrected chi connectivity index (χ1v) is 9.71. The lowest BCUT2D eigenvalue weighted by Gasteiger charge is -2.27. The van der Waals surface area contributed by atoms with Crippen molar-refractivity contribution < 1.29 is 4.79 Å². The zero-order valence-corrected chi connectivity index (χ0v) is 15.1. The Bertz CT molecular complexity index is 620. The molecule has 0 aliphatic carbocycles. The first kappa shape index (κ1) is 17.2. The van der Waals surface area contributed by atoms with Crippen molar-refractivity contribution in [2.24, 2.45) is 0 Å². The molecule has 1 amide bonds. The highest BCUT2D eigenvalue weighted by Crippen LogP contribution is 2.28. The van der Waals surface area contributed by atoms with Crippen LogP contribution in [0.4, 0.5) is 0 Å². The predicted molar refractivity (Wildman–Crippen MR) is 100 cm³/mol. The van der Waals surface area contributed by atoms with Crippen LogP contribution in [-0.2, 0) is 4.79 Å². The van der Waals surface area contributed by atoms with Crippen LogP contribution in [-0.4, -0.2) is 30.4 Å². The van der Waals surface area contributed by atoms with Gasteiger partial charge in [0.05, 0.1) is 6.04 Å². The van der Waals surface area contributed by atoms with Gasteiger partial charge < -0.3 is 5.32 Å². The Morgan fingerprint density at radius 2 is 1.92 bits per heavy atom. The number of amides is 1. The van der Waals surface area contributed by atoms with Crippen LogP contribution in [0.1, 0.15) is 48.6 Å². The number of likely N-dealkylation sites (tertiary alicyclic amines) is 1. The molecule has 4 heteroatoms. The van der Waals surface area contributed by atoms with E-state index in [4.69, 9.17) is 0 Å². The van der Waals surface area contributed by atoms with Gasteiger partial charge in [0.15, 0.2) is 0 Å². The quantitative estimate of drug-likeness (QED) is 0.818. The van der Waals surface area contributed by atoms with E-state index in [2.05, 4.69) is 46.8 Å². The second-order valence-electron chi connectivity index (χ2n) is 6.59. The molecule has 24 heavy (non-hydrogen) atoms. The van der Waals surface area contributed by atoms with E-state index >= 15 is 0 Å². The molecular formula is C20H26N2OS. The van der Waals surface area contributed by atoms with E-state index < -0.39 is 0 Å². The summed E-state index contributed by atoms with van der Waals surface area (Å²) in [5.41, 5.74) is 1.22. The Morgan fingerprint density at radius 3 is 2.58 bits per heavy atom. The summed E-state index contributed by atoms with van der Waals surface area (Å²) in [6, 6.07) is 14.9. The van der Waals surface area contributed by atoms with E-state index in [9.17, 15) is 4.79 Å². The Labute approximate surface area is 148 Å². The molecule has 0 bridgehead atoms. The van der Waals surface area contributed by atoms with E-state index in [1.165, 1.54) is 23.3 Å². The molecule has 0 saturated carbocycles. The Balaban J connectivity index is 1.55. The summed E-state index contributed by atoms with van der Waals surface area (Å²) in [7, 11) is 0. The van der Waals surface area contributed by atoms with E-state index in [0.717, 1.165) is 13.1 Å². The van der Waals surface area contributed by atoms with Crippen LogP contribution in [0, 0.1) is 0 Å². The molecule has 1 aliphatic heterocycles. The first-order valence-electron chi connectivity index (χ1n) is 8.83. The molecule has 1 aromatic heterocycles. The van der Waals surface area contributed by atoms with Gasteiger partial charge >= 0.3 is 0 Å². The summed E-state index contributed by atoms with van der Waals surface area (Å²) >= 11 is 1.79. The lowest BCUT2D eigenvalue weighted by atomic mass is 9.97. The Morgan fingerprint density at radius 1 is 1.17 bits per heavy atom. The monoisotopic (exact) mass is 342 g/mol. The molecule has 3 nitrogen and oxygen atoms in total. The second-order valence-corrected chi connectivity index (χ2v) is 7.57. The van der Waals surface area contributed by atoms with Crippen LogP contribution < -0.4 is 5.32 Å². The van der Waals surface area contributed by atoms with E-state index in [-0.39, 0.29) is 11.8 Å². The second kappa shape index (κ2) is 8.45. The smallest absolute Gasteiger partial charge is 0.220 e. The highest BCUT2D eigenvalue weighted by atomic mass is 32.1. The van der Waals surface area contributed by atoms with Crippen LogP contribution in [0.25, 0.3) is 0 Å². The third-order valence-electron chi connectivity index (χ3n) is 4.81. The average molecular weight is 343 g/mol. The number of carbonyl (C=O) groups excluding carboxylic acids is 1. The average Bonchev–Trinajstić information content (AvgIpc) is 3.30. The van der Waals surface area contributed by atoms with Gasteiger partial charge in [-0.15, -0.1) is 11.3 Å². The number of hydrogen-bond acceptors (Lipinski definition) is 3. The molecule has 1 aromatic carbocycles. The van der Waals surface area contributed by atoms with Gasteiger partial charge in [-0.1, -0.05) is 43.3 Å². The minimum absolute atomic E-state index is 0.145. The van der Waals surface area contributed by atoms with Crippen molar-refractivity contribution in [1.82, 2.24) is 10.2 Å². The van der Waals surface area contributed by atoms with Gasteiger partial charge in [-0.05, 0) is 48.9 Å². The number of benzene rings is 1. The number of nitrogens with zero attached hydrogens (tertiary/aromatic N) is 1. The minimum atomic E-state index is 0.145. The normalized spacial score (nSPS) is 17.5. The summed E-state index contributed by atoms with van der Waals surface area (Å²) in [5, 5.41) is 5.30. The summed E-state index contributed by atoms with van der Waals surface area (Å²) in [4.78, 5) is 16.3. The molecule has 1 fully saturated rings. The fraction of sp³-hybridized carbons (Fsp3) is 0.450. The summed E-state index contributed by atoms with van der Waals surface area (Å²) in [6.45, 7) is 5.10. The van der Waals surface area contributed by atoms with Crippen LogP contribution in [0.3, 0.4) is 0 Å². The maximum absolute atomic E-state index is 12.4. The summed E-state index contributed by atoms with van der Waals surface area (Å²) in [5.74, 6) is 0.394. The van der Waals surface area contributed by atoms with Crippen molar-refractivity contribution in [3.05, 3.63) is 58.3 Å². The summed E-state index contributed by atoms with van der Waals surface area (Å²) in [6.07, 6.45) is 3.07. The van der Waals surface area contributed by atoms with Crippen LogP contribution in [0.5, 0.6) is 0 Å². The molecule has 2 unspecified atom stereocenters. The topological polar surface area (TPSA) is 32.3 Å². The SMILES string of the molecule is CC(CC(=O)NCC(c1cccs1)N1CCCC1)c1ccccc1. The lowest BCUT2D eigenvalue weighted by molar-refractivity contribution is -0.121. The molecule has 2 heterocycles. The van der Waals surface area contributed by atoms with Gasteiger partial charge in [0.25, 0.3) is 0 Å². The molecule has 2 aromatic rings. The van der Waals surface area contributed by atoms with Gasteiger partial charge in [-0.25, -0.2) is 0 Å². The highest BCUT2D eigenvalue weighted by molar-refractivity contribution is 7.10. The largest absolute Gasteiger partial charge is 0.354 e. The first-order chi connectivity index (χ1) is 11.7. The predicted octanol–water partition coefficient (Wildman–Crippen LogP) is 4.20. The zero-order valence-electron chi connectivity index (χ0n) is 14.3. The number of carbonyl (C=O) groups is 1. The number of thiophene rings is 1. The van der Waals surface area contributed by atoms with Crippen molar-refractivity contribution in [2.45, 2.75) is 38.1 Å². The standard InChI is InChI=1S/C20H26N2OS/c1-16(17-8-3-2-4-9-17)14-20(23)21-15-18(19-10-7-13-24-19)22-11-5-6-12-22/h2-4,7-10,13,16,18H,5-6,11-12,14-15H2,1H3,(H,21,23). The van der Waals surface area contributed by atoms with E-state index in [0.29, 0.717) is 19.0 Å². The van der Waals surface area contributed by atoms with Crippen LogP contribution >= 0.6 is 11.3 Å². The Kier molecular flexibility index (Phi) is 6.05. The molecule has 1 N–H and O–H groups in total. The fourth-order valence-electron chi connectivity index (χ4n) is 3.40. The van der Waals surface area contributed by atoms with Crippen molar-refractivity contribution in [3.63, 3.8) is 0 Å². The van der Waals surface area contributed by atoms with Gasteiger partial charge in [0, 0.05) is 17.8 Å². The highest BCUT2D eigenvalue weighted by Gasteiger charge is 2.24. The van der Waals surface area contributed by atoms with Gasteiger partial charge in [0.1, 0.15) is 0 Å². The Hall–Kier alpha value is -1.65. The summed E-state index contributed by atoms with van der Waals surface area (Å²) < 4.78 is 0. The van der Waals surface area contributed by atoms with Crippen molar-refractivity contribution >= 4 is 17.2 Å². The maximum Gasteiger partial charge on any atom is 0.220 e. The van der Waals surface area contributed by atoms with Crippen molar-refractivity contribution in [3.8, 4) is 0 Å². The third-order valence-corrected chi connectivity index (χ3v) is 5.78. The van der Waals surface area contributed by atoms with E-state index in [1.54, 1.807) is 11.3 Å². The van der Waals surface area contributed by atoms with Crippen molar-refractivity contribution in [1.29, 1.82) is 0 Å². The van der Waals surface area contributed by atoms with Crippen LogP contribution in [0.15, 0.2) is 47.8 Å². The number of hydrogen-bond donors (Lipinski definition) is 1. The molecule has 3 rings (SSSR count). The van der Waals surface area contributed by atoms with Gasteiger partial charge in [0.2, 0.25) is 5.91 Å². The molecule has 1 aliphatic rings. The number of rotatable bonds is 7. The molecule has 1 saturated heterocycles.